The molecule has 0 radical (unpaired) electrons. The average molecular weight is 188 g/mol. The summed E-state index contributed by atoms with van der Waals surface area (Å²) in [6, 6.07) is 0. The monoisotopic (exact) mass is 188 g/mol. The summed E-state index contributed by atoms with van der Waals surface area (Å²) in [4.78, 5) is 0. The third-order valence-electron chi connectivity index (χ3n) is 1.75. The molecule has 0 amide bonds. The quantitative estimate of drug-likeness (QED) is 0.503. The van der Waals surface area contributed by atoms with Gasteiger partial charge in [-0.3, -0.25) is 0 Å². The molecule has 0 aliphatic heterocycles. The molecule has 0 saturated heterocycles. The van der Waals surface area contributed by atoms with Crippen molar-refractivity contribution in [1.29, 1.82) is 0 Å². The maximum Gasteiger partial charge on any atom is 1.00 e. The van der Waals surface area contributed by atoms with Gasteiger partial charge < -0.3 is 12.9 Å². The molecule has 5 heteroatoms. The van der Waals surface area contributed by atoms with Crippen molar-refractivity contribution in [2.45, 2.75) is 25.7 Å². The van der Waals surface area contributed by atoms with Crippen molar-refractivity contribution in [3.63, 3.8) is 0 Å². The van der Waals surface area contributed by atoms with Crippen LogP contribution in [0.2, 0.25) is 0 Å². The topological polar surface area (TPSA) is 0 Å². The number of halogens is 3. The molecule has 58 valence electrons. The smallest absolute Gasteiger partial charge is 0.445 e. The molecule has 0 nitrogen and oxygen atoms in total. The fourth-order valence-corrected chi connectivity index (χ4v) is 1.16. The molecule has 0 N–H and O–H groups in total. The van der Waals surface area contributed by atoms with E-state index < -0.39 is 6.98 Å². The van der Waals surface area contributed by atoms with E-state index in [-0.39, 0.29) is 63.3 Å². The average Bonchev–Trinajstić information content (AvgIpc) is 1.88. The molecule has 11 heavy (non-hydrogen) atoms. The molecule has 0 aromatic rings. The largest absolute Gasteiger partial charge is 1.00 e. The Bertz CT molecular complexity index is 152. The summed E-state index contributed by atoms with van der Waals surface area (Å²) in [7, 11) is 0. The molecular weight excluding hydrogens is 179 g/mol. The van der Waals surface area contributed by atoms with Crippen molar-refractivity contribution in [2.24, 2.45) is 0 Å². The van der Waals surface area contributed by atoms with E-state index in [2.05, 4.69) is 0 Å². The van der Waals surface area contributed by atoms with Crippen molar-refractivity contribution >= 4 is 6.98 Å². The second-order valence-electron chi connectivity index (χ2n) is 2.60. The fraction of sp³-hybridized carbons (Fsp3) is 0.667. The zero-order valence-electron chi connectivity index (χ0n) is 6.62. The van der Waals surface area contributed by atoms with E-state index in [1.54, 1.807) is 0 Å². The van der Waals surface area contributed by atoms with Crippen LogP contribution < -0.4 is 51.4 Å². The maximum atomic E-state index is 11.9. The van der Waals surface area contributed by atoms with Crippen molar-refractivity contribution in [3.05, 3.63) is 11.5 Å². The molecule has 0 unspecified atom stereocenters. The number of allylic oxidation sites excluding steroid dienone is 2. The zero-order chi connectivity index (χ0) is 7.61. The van der Waals surface area contributed by atoms with Gasteiger partial charge in [0.2, 0.25) is 0 Å². The molecule has 1 aliphatic carbocycles. The van der Waals surface area contributed by atoms with Gasteiger partial charge in [-0.2, -0.15) is 0 Å². The van der Waals surface area contributed by atoms with E-state index >= 15 is 0 Å². The van der Waals surface area contributed by atoms with Gasteiger partial charge in [0, 0.05) is 0 Å². The number of rotatable bonds is 1. The normalized spacial score (nSPS) is 18.6. The third-order valence-corrected chi connectivity index (χ3v) is 1.75. The number of hydrogen-bond donors (Lipinski definition) is 0. The second-order valence-corrected chi connectivity index (χ2v) is 2.60. The van der Waals surface area contributed by atoms with Crippen molar-refractivity contribution in [3.8, 4) is 0 Å². The Morgan fingerprint density at radius 3 is 2.09 bits per heavy atom. The Morgan fingerprint density at radius 1 is 1.18 bits per heavy atom. The van der Waals surface area contributed by atoms with Gasteiger partial charge in [0.1, 0.15) is 0 Å². The standard InChI is InChI=1S/C6H9BF3.K/c8-7(9,10)6-4-2-1-3-5-6;/h4H,1-3,5H2;/q-1;+1. The Kier molecular flexibility index (Phi) is 5.64. The summed E-state index contributed by atoms with van der Waals surface area (Å²) in [5.74, 6) is 0. The van der Waals surface area contributed by atoms with Gasteiger partial charge >= 0.3 is 58.4 Å². The van der Waals surface area contributed by atoms with Crippen LogP contribution >= 0.6 is 0 Å². The van der Waals surface area contributed by atoms with Gasteiger partial charge in [0.05, 0.1) is 0 Å². The predicted molar refractivity (Wildman–Crippen MR) is 35.6 cm³/mol. The molecule has 0 aromatic heterocycles. The summed E-state index contributed by atoms with van der Waals surface area (Å²) in [5, 5.41) is 0. The van der Waals surface area contributed by atoms with Crippen LogP contribution in [0.4, 0.5) is 12.9 Å². The Balaban J connectivity index is 0.000001000. The van der Waals surface area contributed by atoms with Crippen molar-refractivity contribution < 1.29 is 64.3 Å². The molecule has 0 fully saturated rings. The minimum Gasteiger partial charge on any atom is -0.445 e. The van der Waals surface area contributed by atoms with Crippen LogP contribution in [-0.2, 0) is 0 Å². The summed E-state index contributed by atoms with van der Waals surface area (Å²) >= 11 is 0. The number of hydrogen-bond acceptors (Lipinski definition) is 0. The van der Waals surface area contributed by atoms with Crippen LogP contribution in [-0.4, -0.2) is 6.98 Å². The summed E-state index contributed by atoms with van der Waals surface area (Å²) in [6.45, 7) is -4.67. The van der Waals surface area contributed by atoms with Gasteiger partial charge in [-0.25, -0.2) is 0 Å². The molecule has 0 spiro atoms. The molecular formula is C6H9BF3K. The first-order chi connectivity index (χ1) is 4.61. The third kappa shape index (κ3) is 4.13. The molecule has 1 rings (SSSR count). The van der Waals surface area contributed by atoms with Crippen molar-refractivity contribution in [2.75, 3.05) is 0 Å². The van der Waals surface area contributed by atoms with Gasteiger partial charge in [-0.15, -0.1) is 11.5 Å². The van der Waals surface area contributed by atoms with E-state index in [0.29, 0.717) is 12.8 Å². The van der Waals surface area contributed by atoms with E-state index in [1.807, 2.05) is 0 Å². The van der Waals surface area contributed by atoms with E-state index in [4.69, 9.17) is 0 Å². The Hall–Kier alpha value is 1.23. The van der Waals surface area contributed by atoms with Gasteiger partial charge in [-0.1, -0.05) is 12.8 Å². The summed E-state index contributed by atoms with van der Waals surface area (Å²) in [6.07, 6.45) is 3.80. The van der Waals surface area contributed by atoms with Gasteiger partial charge in [-0.05, 0) is 12.8 Å². The van der Waals surface area contributed by atoms with E-state index in [0.717, 1.165) is 6.42 Å². The first-order valence-corrected chi connectivity index (χ1v) is 3.49. The van der Waals surface area contributed by atoms with Crippen LogP contribution in [0.15, 0.2) is 11.5 Å². The minimum absolute atomic E-state index is 0. The molecule has 0 bridgehead atoms. The molecule has 0 saturated carbocycles. The SMILES string of the molecule is F[B-](F)(F)C1=CCCCC1.[K+]. The second kappa shape index (κ2) is 5.07. The van der Waals surface area contributed by atoms with Crippen LogP contribution in [0.25, 0.3) is 0 Å². The van der Waals surface area contributed by atoms with Crippen LogP contribution in [0.1, 0.15) is 25.7 Å². The fourth-order valence-electron chi connectivity index (χ4n) is 1.16. The summed E-state index contributed by atoms with van der Waals surface area (Å²) < 4.78 is 35.8. The molecule has 0 atom stereocenters. The summed E-state index contributed by atoms with van der Waals surface area (Å²) in [5.41, 5.74) is -0.272. The Labute approximate surface area is 107 Å². The molecule has 1 aliphatic rings. The Morgan fingerprint density at radius 2 is 1.82 bits per heavy atom. The molecule has 0 aromatic carbocycles. The van der Waals surface area contributed by atoms with Crippen molar-refractivity contribution in [1.82, 2.24) is 0 Å². The van der Waals surface area contributed by atoms with Crippen LogP contribution in [0.5, 0.6) is 0 Å². The zero-order valence-corrected chi connectivity index (χ0v) is 9.74. The first kappa shape index (κ1) is 12.2. The first-order valence-electron chi connectivity index (χ1n) is 3.49. The van der Waals surface area contributed by atoms with E-state index in [1.165, 1.54) is 6.08 Å². The van der Waals surface area contributed by atoms with Gasteiger partial charge in [0.25, 0.3) is 0 Å². The predicted octanol–water partition coefficient (Wildman–Crippen LogP) is -0.123. The minimum atomic E-state index is -4.67. The van der Waals surface area contributed by atoms with Gasteiger partial charge in [0.15, 0.2) is 0 Å². The molecule has 0 heterocycles. The maximum absolute atomic E-state index is 11.9. The van der Waals surface area contributed by atoms with Crippen LogP contribution in [0.3, 0.4) is 0 Å². The van der Waals surface area contributed by atoms with Crippen LogP contribution in [0, 0.1) is 0 Å². The van der Waals surface area contributed by atoms with E-state index in [9.17, 15) is 12.9 Å².